The third kappa shape index (κ3) is 3.20. The first kappa shape index (κ1) is 12.4. The standard InChI is InChI=1S/C12H15BrN2O2/c1-8-3-2-4-10(11(8)13)15-12(16)14-9-5-6-17-7-9/h2-4,9H,5-7H2,1H3,(H2,14,15,16). The Balaban J connectivity index is 1.95. The number of ether oxygens (including phenoxy) is 1. The maximum absolute atomic E-state index is 11.7. The van der Waals surface area contributed by atoms with Gasteiger partial charge in [0.05, 0.1) is 18.3 Å². The van der Waals surface area contributed by atoms with E-state index >= 15 is 0 Å². The van der Waals surface area contributed by atoms with Crippen LogP contribution in [0.3, 0.4) is 0 Å². The highest BCUT2D eigenvalue weighted by Crippen LogP contribution is 2.25. The summed E-state index contributed by atoms with van der Waals surface area (Å²) in [5, 5.41) is 5.70. The van der Waals surface area contributed by atoms with E-state index < -0.39 is 0 Å². The molecule has 1 aromatic carbocycles. The highest BCUT2D eigenvalue weighted by atomic mass is 79.9. The Labute approximate surface area is 109 Å². The van der Waals surface area contributed by atoms with Crippen LogP contribution in [-0.2, 0) is 4.74 Å². The van der Waals surface area contributed by atoms with Crippen molar-refractivity contribution in [2.24, 2.45) is 0 Å². The number of aryl methyl sites for hydroxylation is 1. The van der Waals surface area contributed by atoms with Crippen LogP contribution in [-0.4, -0.2) is 25.3 Å². The quantitative estimate of drug-likeness (QED) is 0.882. The molecular formula is C12H15BrN2O2. The van der Waals surface area contributed by atoms with Crippen LogP contribution in [0.5, 0.6) is 0 Å². The minimum absolute atomic E-state index is 0.124. The lowest BCUT2D eigenvalue weighted by Crippen LogP contribution is -2.38. The van der Waals surface area contributed by atoms with Crippen LogP contribution in [0.2, 0.25) is 0 Å². The monoisotopic (exact) mass is 298 g/mol. The molecule has 0 spiro atoms. The van der Waals surface area contributed by atoms with Gasteiger partial charge in [-0.1, -0.05) is 12.1 Å². The van der Waals surface area contributed by atoms with Crippen molar-refractivity contribution in [2.75, 3.05) is 18.5 Å². The molecule has 5 heteroatoms. The van der Waals surface area contributed by atoms with Crippen molar-refractivity contribution in [1.29, 1.82) is 0 Å². The van der Waals surface area contributed by atoms with Crippen molar-refractivity contribution in [3.63, 3.8) is 0 Å². The Morgan fingerprint density at radius 1 is 1.53 bits per heavy atom. The predicted octanol–water partition coefficient (Wildman–Crippen LogP) is 2.67. The van der Waals surface area contributed by atoms with Gasteiger partial charge in [-0.05, 0) is 40.9 Å². The molecule has 1 aliphatic heterocycles. The minimum Gasteiger partial charge on any atom is -0.379 e. The van der Waals surface area contributed by atoms with Gasteiger partial charge in [-0.25, -0.2) is 4.79 Å². The summed E-state index contributed by atoms with van der Waals surface area (Å²) < 4.78 is 6.11. The summed E-state index contributed by atoms with van der Waals surface area (Å²) in [7, 11) is 0. The van der Waals surface area contributed by atoms with Crippen molar-refractivity contribution >= 4 is 27.6 Å². The van der Waals surface area contributed by atoms with Crippen LogP contribution >= 0.6 is 15.9 Å². The second-order valence-electron chi connectivity index (χ2n) is 4.10. The van der Waals surface area contributed by atoms with Gasteiger partial charge in [0.2, 0.25) is 0 Å². The molecule has 0 radical (unpaired) electrons. The number of anilines is 1. The van der Waals surface area contributed by atoms with Crippen molar-refractivity contribution < 1.29 is 9.53 Å². The van der Waals surface area contributed by atoms with Crippen LogP contribution in [0.15, 0.2) is 22.7 Å². The molecule has 1 atom stereocenters. The average Bonchev–Trinajstić information content (AvgIpc) is 2.77. The Kier molecular flexibility index (Phi) is 4.02. The molecule has 1 aliphatic rings. The van der Waals surface area contributed by atoms with E-state index in [2.05, 4.69) is 26.6 Å². The predicted molar refractivity (Wildman–Crippen MR) is 70.3 cm³/mol. The largest absolute Gasteiger partial charge is 0.379 e. The van der Waals surface area contributed by atoms with Gasteiger partial charge in [-0.3, -0.25) is 0 Å². The van der Waals surface area contributed by atoms with Gasteiger partial charge in [0.1, 0.15) is 0 Å². The number of benzene rings is 1. The molecule has 2 amide bonds. The topological polar surface area (TPSA) is 50.4 Å². The summed E-state index contributed by atoms with van der Waals surface area (Å²) in [6.45, 7) is 3.31. The zero-order valence-electron chi connectivity index (χ0n) is 9.63. The summed E-state index contributed by atoms with van der Waals surface area (Å²) in [6, 6.07) is 5.69. The summed E-state index contributed by atoms with van der Waals surface area (Å²) in [4.78, 5) is 11.7. The molecule has 0 bridgehead atoms. The van der Waals surface area contributed by atoms with Gasteiger partial charge in [-0.2, -0.15) is 0 Å². The fourth-order valence-electron chi connectivity index (χ4n) is 1.74. The molecule has 1 heterocycles. The molecular weight excluding hydrogens is 284 g/mol. The van der Waals surface area contributed by atoms with E-state index in [0.29, 0.717) is 6.61 Å². The Morgan fingerprint density at radius 3 is 3.06 bits per heavy atom. The number of urea groups is 1. The third-order valence-electron chi connectivity index (χ3n) is 2.70. The average molecular weight is 299 g/mol. The molecule has 2 rings (SSSR count). The number of halogens is 1. The van der Waals surface area contributed by atoms with Crippen molar-refractivity contribution in [2.45, 2.75) is 19.4 Å². The number of hydrogen-bond acceptors (Lipinski definition) is 2. The van der Waals surface area contributed by atoms with Crippen LogP contribution in [0.1, 0.15) is 12.0 Å². The molecule has 0 aliphatic carbocycles. The van der Waals surface area contributed by atoms with E-state index in [4.69, 9.17) is 4.74 Å². The van der Waals surface area contributed by atoms with Crippen LogP contribution in [0.25, 0.3) is 0 Å². The molecule has 2 N–H and O–H groups in total. The van der Waals surface area contributed by atoms with E-state index in [0.717, 1.165) is 28.8 Å². The summed E-state index contributed by atoms with van der Waals surface area (Å²) >= 11 is 3.45. The molecule has 1 fully saturated rings. The lowest BCUT2D eigenvalue weighted by Gasteiger charge is -2.13. The molecule has 4 nitrogen and oxygen atoms in total. The highest BCUT2D eigenvalue weighted by molar-refractivity contribution is 9.10. The lowest BCUT2D eigenvalue weighted by molar-refractivity contribution is 0.189. The molecule has 92 valence electrons. The van der Waals surface area contributed by atoms with Gasteiger partial charge in [0.15, 0.2) is 0 Å². The Bertz CT molecular complexity index is 417. The maximum atomic E-state index is 11.7. The Morgan fingerprint density at radius 2 is 2.35 bits per heavy atom. The number of carbonyl (C=O) groups excluding carboxylic acids is 1. The van der Waals surface area contributed by atoms with E-state index in [1.807, 2.05) is 25.1 Å². The highest BCUT2D eigenvalue weighted by Gasteiger charge is 2.18. The smallest absolute Gasteiger partial charge is 0.319 e. The molecule has 1 unspecified atom stereocenters. The third-order valence-corrected chi connectivity index (χ3v) is 3.76. The van der Waals surface area contributed by atoms with Crippen molar-refractivity contribution in [3.8, 4) is 0 Å². The van der Waals surface area contributed by atoms with E-state index in [-0.39, 0.29) is 12.1 Å². The second-order valence-corrected chi connectivity index (χ2v) is 4.89. The number of hydrogen-bond donors (Lipinski definition) is 2. The van der Waals surface area contributed by atoms with Crippen molar-refractivity contribution in [1.82, 2.24) is 5.32 Å². The molecule has 1 aromatic rings. The first-order chi connectivity index (χ1) is 8.16. The number of nitrogens with one attached hydrogen (secondary N) is 2. The van der Waals surface area contributed by atoms with Gasteiger partial charge in [0.25, 0.3) is 0 Å². The second kappa shape index (κ2) is 5.51. The molecule has 0 aromatic heterocycles. The molecule has 0 saturated carbocycles. The normalized spacial score (nSPS) is 19.1. The summed E-state index contributed by atoms with van der Waals surface area (Å²) in [6.07, 6.45) is 0.877. The fraction of sp³-hybridized carbons (Fsp3) is 0.417. The zero-order valence-corrected chi connectivity index (χ0v) is 11.2. The summed E-state index contributed by atoms with van der Waals surface area (Å²) in [5.74, 6) is 0. The number of amides is 2. The van der Waals surface area contributed by atoms with E-state index in [1.54, 1.807) is 0 Å². The van der Waals surface area contributed by atoms with E-state index in [1.165, 1.54) is 0 Å². The summed E-state index contributed by atoms with van der Waals surface area (Å²) in [5.41, 5.74) is 1.87. The van der Waals surface area contributed by atoms with Crippen LogP contribution in [0.4, 0.5) is 10.5 Å². The van der Waals surface area contributed by atoms with Crippen LogP contribution < -0.4 is 10.6 Å². The SMILES string of the molecule is Cc1cccc(NC(=O)NC2CCOC2)c1Br. The molecule has 1 saturated heterocycles. The maximum Gasteiger partial charge on any atom is 0.319 e. The van der Waals surface area contributed by atoms with Crippen molar-refractivity contribution in [3.05, 3.63) is 28.2 Å². The van der Waals surface area contributed by atoms with Gasteiger partial charge in [0, 0.05) is 11.1 Å². The minimum atomic E-state index is -0.188. The first-order valence-electron chi connectivity index (χ1n) is 5.57. The van der Waals surface area contributed by atoms with Gasteiger partial charge in [-0.15, -0.1) is 0 Å². The Hall–Kier alpha value is -1.07. The fourth-order valence-corrected chi connectivity index (χ4v) is 2.10. The molecule has 17 heavy (non-hydrogen) atoms. The van der Waals surface area contributed by atoms with Gasteiger partial charge >= 0.3 is 6.03 Å². The van der Waals surface area contributed by atoms with E-state index in [9.17, 15) is 4.79 Å². The lowest BCUT2D eigenvalue weighted by atomic mass is 10.2. The van der Waals surface area contributed by atoms with Gasteiger partial charge < -0.3 is 15.4 Å². The zero-order chi connectivity index (χ0) is 12.3. The number of carbonyl (C=O) groups is 1. The first-order valence-corrected chi connectivity index (χ1v) is 6.36. The van der Waals surface area contributed by atoms with Crippen LogP contribution in [0, 0.1) is 6.92 Å². The number of rotatable bonds is 2.